The van der Waals surface area contributed by atoms with Gasteiger partial charge in [-0.05, 0) is 6.92 Å². The van der Waals surface area contributed by atoms with E-state index in [2.05, 4.69) is 4.99 Å². The summed E-state index contributed by atoms with van der Waals surface area (Å²) in [5.74, 6) is 0.630. The highest BCUT2D eigenvalue weighted by Gasteiger charge is 2.10. The van der Waals surface area contributed by atoms with Crippen LogP contribution in [-0.2, 0) is 4.79 Å². The molecule has 0 aromatic heterocycles. The fourth-order valence-electron chi connectivity index (χ4n) is 0.357. The molecule has 3 heteroatoms. The van der Waals surface area contributed by atoms with Crippen molar-refractivity contribution < 1.29 is 4.79 Å². The first kappa shape index (κ1) is 4.84. The molecule has 0 atom stereocenters. The van der Waals surface area contributed by atoms with Crippen LogP contribution in [0.2, 0.25) is 0 Å². The minimum absolute atomic E-state index is 0.125. The molecule has 1 aliphatic heterocycles. The molecule has 0 amide bonds. The van der Waals surface area contributed by atoms with Crippen LogP contribution < -0.4 is 0 Å². The van der Waals surface area contributed by atoms with Gasteiger partial charge in [-0.1, -0.05) is 11.8 Å². The predicted molar refractivity (Wildman–Crippen MR) is 30.6 cm³/mol. The molecule has 1 rings (SSSR count). The van der Waals surface area contributed by atoms with E-state index in [9.17, 15) is 4.79 Å². The second kappa shape index (κ2) is 1.66. The summed E-state index contributed by atoms with van der Waals surface area (Å²) in [4.78, 5) is 14.3. The molecule has 0 saturated carbocycles. The van der Waals surface area contributed by atoms with Gasteiger partial charge >= 0.3 is 0 Å². The third-order valence-electron chi connectivity index (χ3n) is 0.793. The van der Waals surface area contributed by atoms with Crippen LogP contribution >= 0.6 is 11.8 Å². The molecular weight excluding hydrogens is 110 g/mol. The van der Waals surface area contributed by atoms with E-state index in [1.54, 1.807) is 6.92 Å². The quantitative estimate of drug-likeness (QED) is 0.464. The Morgan fingerprint density at radius 1 is 1.86 bits per heavy atom. The average Bonchev–Trinajstić information content (AvgIpc) is 1.91. The van der Waals surface area contributed by atoms with Crippen molar-refractivity contribution in [2.24, 2.45) is 4.99 Å². The maximum absolute atomic E-state index is 10.4. The van der Waals surface area contributed by atoms with Gasteiger partial charge in [0.25, 0.3) is 0 Å². The lowest BCUT2D eigenvalue weighted by molar-refractivity contribution is -0.105. The van der Waals surface area contributed by atoms with E-state index >= 15 is 0 Å². The molecule has 0 aromatic carbocycles. The molecule has 0 saturated heterocycles. The highest BCUT2D eigenvalue weighted by Crippen LogP contribution is 2.10. The number of aliphatic imine (C=N–C) groups is 1. The summed E-state index contributed by atoms with van der Waals surface area (Å²) in [5.41, 5.74) is 0.657. The van der Waals surface area contributed by atoms with Crippen molar-refractivity contribution in [1.29, 1.82) is 0 Å². The van der Waals surface area contributed by atoms with Crippen LogP contribution in [0, 0.1) is 0 Å². The van der Waals surface area contributed by atoms with Crippen molar-refractivity contribution in [2.75, 3.05) is 5.88 Å². The molecular formula is C4H5NOS. The minimum Gasteiger partial charge on any atom is -0.280 e. The van der Waals surface area contributed by atoms with Gasteiger partial charge in [0, 0.05) is 0 Å². The van der Waals surface area contributed by atoms with Crippen LogP contribution in [0.3, 0.4) is 0 Å². The van der Waals surface area contributed by atoms with Crippen LogP contribution in [0.1, 0.15) is 6.92 Å². The summed E-state index contributed by atoms with van der Waals surface area (Å²) < 4.78 is 0. The van der Waals surface area contributed by atoms with Crippen LogP contribution in [0.4, 0.5) is 0 Å². The largest absolute Gasteiger partial charge is 0.280 e. The zero-order valence-electron chi connectivity index (χ0n) is 3.97. The Hall–Kier alpha value is -0.310. The summed E-state index contributed by atoms with van der Waals surface area (Å²) in [5, 5.41) is 0.125. The second-order valence-corrected chi connectivity index (χ2v) is 2.22. The first-order valence-corrected chi connectivity index (χ1v) is 2.97. The Labute approximate surface area is 46.0 Å². The van der Waals surface area contributed by atoms with Gasteiger partial charge in [-0.25, -0.2) is 0 Å². The van der Waals surface area contributed by atoms with Gasteiger partial charge in [0.1, 0.15) is 0 Å². The van der Waals surface area contributed by atoms with E-state index in [4.69, 9.17) is 0 Å². The zero-order valence-corrected chi connectivity index (χ0v) is 4.79. The Kier molecular flexibility index (Phi) is 1.15. The highest BCUT2D eigenvalue weighted by atomic mass is 32.2. The summed E-state index contributed by atoms with van der Waals surface area (Å²) in [7, 11) is 0. The summed E-state index contributed by atoms with van der Waals surface area (Å²) >= 11 is 1.26. The number of hydrogen-bond donors (Lipinski definition) is 0. The fourth-order valence-corrected chi connectivity index (χ4v) is 1.01. The minimum atomic E-state index is 0.125. The lowest BCUT2D eigenvalue weighted by Crippen LogP contribution is -1.96. The van der Waals surface area contributed by atoms with Crippen molar-refractivity contribution in [3.63, 3.8) is 0 Å². The van der Waals surface area contributed by atoms with Gasteiger partial charge in [0.2, 0.25) is 5.12 Å². The van der Waals surface area contributed by atoms with E-state index in [1.165, 1.54) is 11.8 Å². The van der Waals surface area contributed by atoms with E-state index in [-0.39, 0.29) is 5.12 Å². The first-order valence-electron chi connectivity index (χ1n) is 1.99. The van der Waals surface area contributed by atoms with Crippen LogP contribution in [-0.4, -0.2) is 16.7 Å². The van der Waals surface area contributed by atoms with E-state index in [1.807, 2.05) is 0 Å². The molecule has 7 heavy (non-hydrogen) atoms. The predicted octanol–water partition coefficient (Wildman–Crippen LogP) is 0.678. The summed E-state index contributed by atoms with van der Waals surface area (Å²) in [6.45, 7) is 1.74. The molecule has 0 bridgehead atoms. The Morgan fingerprint density at radius 3 is 2.71 bits per heavy atom. The second-order valence-electron chi connectivity index (χ2n) is 1.30. The van der Waals surface area contributed by atoms with Gasteiger partial charge in [-0.3, -0.25) is 9.79 Å². The lowest BCUT2D eigenvalue weighted by atomic mass is 10.5. The number of carbonyl (C=O) groups is 1. The number of rotatable bonds is 0. The SMILES string of the molecule is CC1=NCSC1=O. The van der Waals surface area contributed by atoms with Crippen LogP contribution in [0.5, 0.6) is 0 Å². The number of nitrogens with zero attached hydrogens (tertiary/aromatic N) is 1. The van der Waals surface area contributed by atoms with Crippen molar-refractivity contribution in [3.8, 4) is 0 Å². The lowest BCUT2D eigenvalue weighted by Gasteiger charge is -1.76. The summed E-state index contributed by atoms with van der Waals surface area (Å²) in [6.07, 6.45) is 0. The molecule has 38 valence electrons. The van der Waals surface area contributed by atoms with Crippen molar-refractivity contribution >= 4 is 22.6 Å². The van der Waals surface area contributed by atoms with Crippen LogP contribution in [0.15, 0.2) is 4.99 Å². The van der Waals surface area contributed by atoms with Crippen molar-refractivity contribution in [1.82, 2.24) is 0 Å². The monoisotopic (exact) mass is 115 g/mol. The van der Waals surface area contributed by atoms with Gasteiger partial charge in [0.15, 0.2) is 0 Å². The van der Waals surface area contributed by atoms with Gasteiger partial charge in [0.05, 0.1) is 11.6 Å². The fraction of sp³-hybridized carbons (Fsp3) is 0.500. The molecule has 0 N–H and O–H groups in total. The third kappa shape index (κ3) is 0.825. The molecule has 0 fully saturated rings. The third-order valence-corrected chi connectivity index (χ3v) is 1.61. The molecule has 0 spiro atoms. The Bertz CT molecular complexity index is 130. The molecule has 0 unspecified atom stereocenters. The van der Waals surface area contributed by atoms with Gasteiger partial charge in [-0.15, -0.1) is 0 Å². The molecule has 1 heterocycles. The molecule has 0 aromatic rings. The van der Waals surface area contributed by atoms with Crippen molar-refractivity contribution in [2.45, 2.75) is 6.92 Å². The van der Waals surface area contributed by atoms with Crippen LogP contribution in [0.25, 0.3) is 0 Å². The highest BCUT2D eigenvalue weighted by molar-refractivity contribution is 8.15. The standard InChI is InChI=1S/C4H5NOS/c1-3-4(6)7-2-5-3/h2H2,1H3. The summed E-state index contributed by atoms with van der Waals surface area (Å²) in [6, 6.07) is 0. The van der Waals surface area contributed by atoms with E-state index in [0.717, 1.165) is 0 Å². The van der Waals surface area contributed by atoms with E-state index in [0.29, 0.717) is 11.6 Å². The maximum Gasteiger partial charge on any atom is 0.234 e. The van der Waals surface area contributed by atoms with Gasteiger partial charge < -0.3 is 0 Å². The first-order chi connectivity index (χ1) is 3.30. The van der Waals surface area contributed by atoms with E-state index < -0.39 is 0 Å². The smallest absolute Gasteiger partial charge is 0.234 e. The zero-order chi connectivity index (χ0) is 5.28. The number of thioether (sulfide) groups is 1. The van der Waals surface area contributed by atoms with Crippen molar-refractivity contribution in [3.05, 3.63) is 0 Å². The maximum atomic E-state index is 10.4. The number of hydrogen-bond acceptors (Lipinski definition) is 3. The Morgan fingerprint density at radius 2 is 2.57 bits per heavy atom. The molecule has 1 aliphatic rings. The number of carbonyl (C=O) groups excluding carboxylic acids is 1. The topological polar surface area (TPSA) is 29.4 Å². The Balaban J connectivity index is 2.72. The molecule has 2 nitrogen and oxygen atoms in total. The molecule has 0 aliphatic carbocycles. The normalized spacial score (nSPS) is 20.1. The van der Waals surface area contributed by atoms with Gasteiger partial charge in [-0.2, -0.15) is 0 Å². The average molecular weight is 115 g/mol. The molecule has 0 radical (unpaired) electrons.